The fraction of sp³-hybridized carbons (Fsp3) is 0.400. The van der Waals surface area contributed by atoms with Gasteiger partial charge in [0.1, 0.15) is 11.5 Å². The lowest BCUT2D eigenvalue weighted by molar-refractivity contribution is -0.116. The van der Waals surface area contributed by atoms with Crippen molar-refractivity contribution in [3.8, 4) is 11.5 Å². The predicted molar refractivity (Wildman–Crippen MR) is 122 cm³/mol. The van der Waals surface area contributed by atoms with Crippen molar-refractivity contribution in [2.45, 2.75) is 19.4 Å². The van der Waals surface area contributed by atoms with Crippen LogP contribution in [0.3, 0.4) is 0 Å². The number of carbonyl (C=O) groups is 1. The molecule has 1 N–H and O–H groups in total. The molecular formula is C25H32N2O4. The van der Waals surface area contributed by atoms with Crippen molar-refractivity contribution < 1.29 is 19.0 Å². The van der Waals surface area contributed by atoms with Crippen molar-refractivity contribution in [2.24, 2.45) is 0 Å². The summed E-state index contributed by atoms with van der Waals surface area (Å²) in [6.45, 7) is 6.41. The van der Waals surface area contributed by atoms with E-state index in [0.717, 1.165) is 42.1 Å². The summed E-state index contributed by atoms with van der Waals surface area (Å²) in [5, 5.41) is 3.05. The van der Waals surface area contributed by atoms with E-state index in [1.54, 1.807) is 13.2 Å². The number of amides is 1. The van der Waals surface area contributed by atoms with Crippen LogP contribution >= 0.6 is 0 Å². The first-order chi connectivity index (χ1) is 15.2. The topological polar surface area (TPSA) is 60.0 Å². The highest BCUT2D eigenvalue weighted by molar-refractivity contribution is 5.91. The van der Waals surface area contributed by atoms with Gasteiger partial charge in [0.15, 0.2) is 0 Å². The van der Waals surface area contributed by atoms with Gasteiger partial charge in [-0.05, 0) is 47.9 Å². The Morgan fingerprint density at radius 1 is 1.10 bits per heavy atom. The van der Waals surface area contributed by atoms with E-state index in [9.17, 15) is 4.79 Å². The maximum atomic E-state index is 12.5. The lowest BCUT2D eigenvalue weighted by atomic mass is 10.0. The number of hydrogen-bond acceptors (Lipinski definition) is 5. The van der Waals surface area contributed by atoms with Gasteiger partial charge in [-0.2, -0.15) is 0 Å². The van der Waals surface area contributed by atoms with Crippen molar-refractivity contribution in [1.29, 1.82) is 0 Å². The fourth-order valence-corrected chi connectivity index (χ4v) is 3.50. The average Bonchev–Trinajstić information content (AvgIpc) is 2.83. The smallest absolute Gasteiger partial charge is 0.244 e. The first-order valence-corrected chi connectivity index (χ1v) is 10.8. The molecule has 1 atom stereocenters. The number of morpholine rings is 1. The molecule has 6 heteroatoms. The molecule has 2 aromatic carbocycles. The second-order valence-electron chi connectivity index (χ2n) is 7.43. The number of carbonyl (C=O) groups excluding carboxylic acids is 1. The summed E-state index contributed by atoms with van der Waals surface area (Å²) < 4.78 is 16.4. The van der Waals surface area contributed by atoms with Crippen LogP contribution in [0, 0.1) is 0 Å². The monoisotopic (exact) mass is 424 g/mol. The second-order valence-corrected chi connectivity index (χ2v) is 7.43. The average molecular weight is 425 g/mol. The van der Waals surface area contributed by atoms with E-state index in [0.29, 0.717) is 26.4 Å². The molecule has 1 aliphatic heterocycles. The van der Waals surface area contributed by atoms with Crippen molar-refractivity contribution in [3.05, 3.63) is 65.7 Å². The molecular weight excluding hydrogens is 392 g/mol. The van der Waals surface area contributed by atoms with Gasteiger partial charge in [-0.25, -0.2) is 0 Å². The van der Waals surface area contributed by atoms with Gasteiger partial charge in [0.05, 0.1) is 33.0 Å². The van der Waals surface area contributed by atoms with Crippen LogP contribution in [-0.2, 0) is 9.53 Å². The molecule has 0 saturated carbocycles. The van der Waals surface area contributed by atoms with Crippen LogP contribution in [0.15, 0.2) is 54.6 Å². The molecule has 0 radical (unpaired) electrons. The third-order valence-electron chi connectivity index (χ3n) is 5.24. The number of nitrogens with zero attached hydrogens (tertiary/aromatic N) is 1. The molecule has 1 amide bonds. The van der Waals surface area contributed by atoms with E-state index in [1.807, 2.05) is 42.5 Å². The molecule has 1 unspecified atom stereocenters. The van der Waals surface area contributed by atoms with Crippen LogP contribution in [-0.4, -0.2) is 57.4 Å². The maximum absolute atomic E-state index is 12.5. The van der Waals surface area contributed by atoms with Gasteiger partial charge in [0, 0.05) is 25.7 Å². The van der Waals surface area contributed by atoms with E-state index in [-0.39, 0.29) is 11.9 Å². The first kappa shape index (κ1) is 22.8. The predicted octanol–water partition coefficient (Wildman–Crippen LogP) is 3.69. The van der Waals surface area contributed by atoms with Gasteiger partial charge >= 0.3 is 0 Å². The third-order valence-corrected chi connectivity index (χ3v) is 5.24. The van der Waals surface area contributed by atoms with Crippen molar-refractivity contribution in [1.82, 2.24) is 10.2 Å². The molecule has 0 aromatic heterocycles. The summed E-state index contributed by atoms with van der Waals surface area (Å²) in [6.07, 6.45) is 4.37. The van der Waals surface area contributed by atoms with E-state index in [2.05, 4.69) is 29.3 Å². The minimum atomic E-state index is -0.113. The Labute approximate surface area is 184 Å². The van der Waals surface area contributed by atoms with Crippen molar-refractivity contribution in [2.75, 3.05) is 46.6 Å². The van der Waals surface area contributed by atoms with Crippen LogP contribution in [0.1, 0.15) is 30.5 Å². The third kappa shape index (κ3) is 7.12. The molecule has 166 valence electrons. The number of nitrogens with one attached hydrogen (secondary N) is 1. The number of hydrogen-bond donors (Lipinski definition) is 1. The summed E-state index contributed by atoms with van der Waals surface area (Å²) in [5.41, 5.74) is 2.11. The fourth-order valence-electron chi connectivity index (χ4n) is 3.50. The van der Waals surface area contributed by atoms with Gasteiger partial charge in [-0.15, -0.1) is 0 Å². The standard InChI is InChI=1S/C25H32N2O4/c1-3-16-31-23-9-4-20(5-10-23)6-13-25(28)26-19-24(27-14-17-30-18-15-27)21-7-11-22(29-2)12-8-21/h4-13,24H,3,14-19H2,1-2H3,(H,26,28)/b13-6+. The molecule has 0 aliphatic carbocycles. The molecule has 1 saturated heterocycles. The van der Waals surface area contributed by atoms with Gasteiger partial charge < -0.3 is 19.5 Å². The van der Waals surface area contributed by atoms with Crippen molar-refractivity contribution >= 4 is 12.0 Å². The van der Waals surface area contributed by atoms with E-state index in [4.69, 9.17) is 14.2 Å². The summed E-state index contributed by atoms with van der Waals surface area (Å²) in [4.78, 5) is 14.8. The molecule has 3 rings (SSSR count). The number of methoxy groups -OCH3 is 1. The summed E-state index contributed by atoms with van der Waals surface area (Å²) in [6, 6.07) is 15.9. The lowest BCUT2D eigenvalue weighted by Crippen LogP contribution is -2.43. The zero-order chi connectivity index (χ0) is 21.9. The molecule has 31 heavy (non-hydrogen) atoms. The zero-order valence-corrected chi connectivity index (χ0v) is 18.4. The first-order valence-electron chi connectivity index (χ1n) is 10.8. The molecule has 6 nitrogen and oxygen atoms in total. The van der Waals surface area contributed by atoms with E-state index >= 15 is 0 Å². The Kier molecular flexibility index (Phi) is 8.94. The zero-order valence-electron chi connectivity index (χ0n) is 18.4. The van der Waals surface area contributed by atoms with Crippen LogP contribution < -0.4 is 14.8 Å². The Hall–Kier alpha value is -2.83. The molecule has 0 spiro atoms. The Bertz CT molecular complexity index is 828. The van der Waals surface area contributed by atoms with Gasteiger partial charge in [0.25, 0.3) is 0 Å². The Morgan fingerprint density at radius 2 is 1.77 bits per heavy atom. The number of rotatable bonds is 10. The van der Waals surface area contributed by atoms with E-state index in [1.165, 1.54) is 0 Å². The van der Waals surface area contributed by atoms with E-state index < -0.39 is 0 Å². The molecule has 0 bridgehead atoms. The highest BCUT2D eigenvalue weighted by Gasteiger charge is 2.23. The maximum Gasteiger partial charge on any atom is 0.244 e. The Morgan fingerprint density at radius 3 is 2.42 bits per heavy atom. The molecule has 2 aromatic rings. The largest absolute Gasteiger partial charge is 0.497 e. The van der Waals surface area contributed by atoms with Crippen molar-refractivity contribution in [3.63, 3.8) is 0 Å². The quantitative estimate of drug-likeness (QED) is 0.590. The van der Waals surface area contributed by atoms with Gasteiger partial charge in [0.2, 0.25) is 5.91 Å². The normalized spacial score (nSPS) is 15.5. The minimum Gasteiger partial charge on any atom is -0.497 e. The van der Waals surface area contributed by atoms with Crippen LogP contribution in [0.25, 0.3) is 6.08 Å². The minimum absolute atomic E-state index is 0.0853. The lowest BCUT2D eigenvalue weighted by Gasteiger charge is -2.34. The van der Waals surface area contributed by atoms with Crippen LogP contribution in [0.5, 0.6) is 11.5 Å². The second kappa shape index (κ2) is 12.1. The number of benzene rings is 2. The summed E-state index contributed by atoms with van der Waals surface area (Å²) >= 11 is 0. The number of ether oxygens (including phenoxy) is 3. The highest BCUT2D eigenvalue weighted by Crippen LogP contribution is 2.23. The molecule has 1 aliphatic rings. The van der Waals surface area contributed by atoms with Gasteiger partial charge in [-0.3, -0.25) is 9.69 Å². The summed E-state index contributed by atoms with van der Waals surface area (Å²) in [7, 11) is 1.66. The summed E-state index contributed by atoms with van der Waals surface area (Å²) in [5.74, 6) is 1.55. The molecule has 1 heterocycles. The van der Waals surface area contributed by atoms with Gasteiger partial charge in [-0.1, -0.05) is 31.2 Å². The highest BCUT2D eigenvalue weighted by atomic mass is 16.5. The SMILES string of the molecule is CCCOc1ccc(/C=C/C(=O)NCC(c2ccc(OC)cc2)N2CCOCC2)cc1. The van der Waals surface area contributed by atoms with Crippen LogP contribution in [0.2, 0.25) is 0 Å². The molecule has 1 fully saturated rings. The Balaban J connectivity index is 1.59. The van der Waals surface area contributed by atoms with Crippen LogP contribution in [0.4, 0.5) is 0 Å².